The molecule has 2 aromatic rings. The maximum absolute atomic E-state index is 11.8. The minimum Gasteiger partial charge on any atom is -0.496 e. The Morgan fingerprint density at radius 1 is 1.38 bits per heavy atom. The van der Waals surface area contributed by atoms with Gasteiger partial charge in [-0.1, -0.05) is 25.1 Å². The third kappa shape index (κ3) is 3.85. The third-order valence-corrected chi connectivity index (χ3v) is 4.65. The molecule has 0 unspecified atom stereocenters. The average molecular weight is 327 g/mol. The fourth-order valence-electron chi connectivity index (χ4n) is 3.40. The van der Waals surface area contributed by atoms with E-state index >= 15 is 0 Å². The normalized spacial score (nSPS) is 18.5. The van der Waals surface area contributed by atoms with Crippen molar-refractivity contribution in [2.75, 3.05) is 20.2 Å². The quantitative estimate of drug-likeness (QED) is 0.917. The number of likely N-dealkylation sites (tertiary alicyclic amines) is 1. The van der Waals surface area contributed by atoms with Crippen LogP contribution in [0.5, 0.6) is 5.75 Å². The highest BCUT2D eigenvalue weighted by atomic mass is 16.5. The van der Waals surface area contributed by atoms with Gasteiger partial charge in [0.25, 0.3) is 5.56 Å². The van der Waals surface area contributed by atoms with Crippen LogP contribution in [0.4, 0.5) is 0 Å². The third-order valence-electron chi connectivity index (χ3n) is 4.65. The molecule has 1 atom stereocenters. The summed E-state index contributed by atoms with van der Waals surface area (Å²) in [5, 5.41) is 0. The summed E-state index contributed by atoms with van der Waals surface area (Å²) in [5.74, 6) is 2.05. The van der Waals surface area contributed by atoms with Gasteiger partial charge in [-0.25, -0.2) is 4.98 Å². The van der Waals surface area contributed by atoms with Crippen LogP contribution < -0.4 is 10.3 Å². The highest BCUT2D eigenvalue weighted by molar-refractivity contribution is 5.33. The van der Waals surface area contributed by atoms with E-state index in [2.05, 4.69) is 20.9 Å². The largest absolute Gasteiger partial charge is 0.496 e. The highest BCUT2D eigenvalue weighted by Crippen LogP contribution is 2.27. The van der Waals surface area contributed by atoms with E-state index in [0.29, 0.717) is 0 Å². The van der Waals surface area contributed by atoms with Crippen molar-refractivity contribution in [1.82, 2.24) is 14.9 Å². The number of nitrogens with one attached hydrogen (secondary N) is 1. The second kappa shape index (κ2) is 7.62. The predicted octanol–water partition coefficient (Wildman–Crippen LogP) is 2.72. The lowest BCUT2D eigenvalue weighted by Gasteiger charge is -2.32. The van der Waals surface area contributed by atoms with Crippen molar-refractivity contribution in [1.29, 1.82) is 0 Å². The van der Waals surface area contributed by atoms with E-state index in [9.17, 15) is 4.79 Å². The molecule has 1 saturated heterocycles. The van der Waals surface area contributed by atoms with Crippen molar-refractivity contribution in [3.63, 3.8) is 0 Å². The molecule has 0 amide bonds. The van der Waals surface area contributed by atoms with Gasteiger partial charge >= 0.3 is 0 Å². The molecule has 5 heteroatoms. The Balaban J connectivity index is 1.75. The standard InChI is InChI=1S/C19H25N3O2/c1-3-16-11-18(23)21-19(20-16)15-8-6-10-22(13-15)12-14-7-4-5-9-17(14)24-2/h4-5,7,9,11,15H,3,6,8,10,12-13H2,1-2H3,(H,20,21,23)/t15-/m0/s1. The predicted molar refractivity (Wildman–Crippen MR) is 94.5 cm³/mol. The van der Waals surface area contributed by atoms with Gasteiger partial charge in [0.05, 0.1) is 7.11 Å². The van der Waals surface area contributed by atoms with E-state index < -0.39 is 0 Å². The summed E-state index contributed by atoms with van der Waals surface area (Å²) in [6, 6.07) is 9.75. The average Bonchev–Trinajstić information content (AvgIpc) is 2.62. The topological polar surface area (TPSA) is 58.2 Å². The van der Waals surface area contributed by atoms with Crippen molar-refractivity contribution in [3.8, 4) is 5.75 Å². The zero-order valence-electron chi connectivity index (χ0n) is 14.4. The summed E-state index contributed by atoms with van der Waals surface area (Å²) in [7, 11) is 1.71. The van der Waals surface area contributed by atoms with Crippen LogP contribution in [-0.2, 0) is 13.0 Å². The molecule has 3 rings (SSSR count). The van der Waals surface area contributed by atoms with E-state index in [1.54, 1.807) is 13.2 Å². The fourth-order valence-corrected chi connectivity index (χ4v) is 3.40. The fraction of sp³-hybridized carbons (Fsp3) is 0.474. The molecule has 0 radical (unpaired) electrons. The van der Waals surface area contributed by atoms with Gasteiger partial charge in [-0.15, -0.1) is 0 Å². The monoisotopic (exact) mass is 327 g/mol. The SMILES string of the molecule is CCc1cc(=O)[nH]c([C@H]2CCCN(Cc3ccccc3OC)C2)n1. The van der Waals surface area contributed by atoms with Crippen LogP contribution in [-0.4, -0.2) is 35.1 Å². The number of rotatable bonds is 5. The molecule has 1 aromatic heterocycles. The number of ether oxygens (including phenoxy) is 1. The van der Waals surface area contributed by atoms with E-state index in [1.807, 2.05) is 25.1 Å². The van der Waals surface area contributed by atoms with E-state index in [-0.39, 0.29) is 11.5 Å². The second-order valence-corrected chi connectivity index (χ2v) is 6.36. The van der Waals surface area contributed by atoms with Gasteiger partial charge in [0.15, 0.2) is 0 Å². The Hall–Kier alpha value is -2.14. The first kappa shape index (κ1) is 16.7. The van der Waals surface area contributed by atoms with Crippen LogP contribution in [0.25, 0.3) is 0 Å². The molecule has 1 aliphatic rings. The summed E-state index contributed by atoms with van der Waals surface area (Å²) in [5.41, 5.74) is 2.03. The lowest BCUT2D eigenvalue weighted by molar-refractivity contribution is 0.194. The summed E-state index contributed by atoms with van der Waals surface area (Å²) in [4.78, 5) is 21.8. The Bertz CT molecular complexity index is 741. The molecule has 24 heavy (non-hydrogen) atoms. The number of aromatic nitrogens is 2. The minimum absolute atomic E-state index is 0.0429. The van der Waals surface area contributed by atoms with Crippen LogP contribution in [0.3, 0.4) is 0 Å². The van der Waals surface area contributed by atoms with Gasteiger partial charge in [-0.3, -0.25) is 9.69 Å². The van der Waals surface area contributed by atoms with Gasteiger partial charge in [0.1, 0.15) is 11.6 Å². The molecule has 1 aromatic carbocycles. The van der Waals surface area contributed by atoms with Gasteiger partial charge in [0.2, 0.25) is 0 Å². The molecule has 2 heterocycles. The number of nitrogens with zero attached hydrogens (tertiary/aromatic N) is 2. The Kier molecular flexibility index (Phi) is 5.30. The lowest BCUT2D eigenvalue weighted by atomic mass is 9.96. The van der Waals surface area contributed by atoms with E-state index in [1.165, 1.54) is 5.56 Å². The first-order valence-corrected chi connectivity index (χ1v) is 8.64. The van der Waals surface area contributed by atoms with Gasteiger partial charge < -0.3 is 9.72 Å². The van der Waals surface area contributed by atoms with Crippen LogP contribution in [0, 0.1) is 0 Å². The summed E-state index contributed by atoms with van der Waals surface area (Å²) >= 11 is 0. The molecular formula is C19H25N3O2. The number of piperidine rings is 1. The molecule has 5 nitrogen and oxygen atoms in total. The molecule has 1 fully saturated rings. The number of hydrogen-bond acceptors (Lipinski definition) is 4. The summed E-state index contributed by atoms with van der Waals surface area (Å²) < 4.78 is 5.46. The Labute approximate surface area is 142 Å². The van der Waals surface area contributed by atoms with Crippen molar-refractivity contribution in [3.05, 3.63) is 57.8 Å². The van der Waals surface area contributed by atoms with Gasteiger partial charge in [0, 0.05) is 36.3 Å². The lowest BCUT2D eigenvalue weighted by Crippen LogP contribution is -2.35. The maximum atomic E-state index is 11.8. The Morgan fingerprint density at radius 2 is 2.21 bits per heavy atom. The first-order chi connectivity index (χ1) is 11.7. The Morgan fingerprint density at radius 3 is 3.00 bits per heavy atom. The van der Waals surface area contributed by atoms with Crippen molar-refractivity contribution in [2.45, 2.75) is 38.6 Å². The summed E-state index contributed by atoms with van der Waals surface area (Å²) in [6.45, 7) is 4.86. The van der Waals surface area contributed by atoms with E-state index in [4.69, 9.17) is 4.74 Å². The molecule has 0 aliphatic carbocycles. The van der Waals surface area contributed by atoms with Crippen molar-refractivity contribution >= 4 is 0 Å². The molecular weight excluding hydrogens is 302 g/mol. The van der Waals surface area contributed by atoms with Crippen LogP contribution >= 0.6 is 0 Å². The van der Waals surface area contributed by atoms with E-state index in [0.717, 1.165) is 56.2 Å². The molecule has 128 valence electrons. The van der Waals surface area contributed by atoms with Crippen LogP contribution in [0.15, 0.2) is 35.1 Å². The van der Waals surface area contributed by atoms with Gasteiger partial charge in [-0.05, 0) is 31.9 Å². The van der Waals surface area contributed by atoms with Crippen LogP contribution in [0.2, 0.25) is 0 Å². The first-order valence-electron chi connectivity index (χ1n) is 8.64. The maximum Gasteiger partial charge on any atom is 0.251 e. The second-order valence-electron chi connectivity index (χ2n) is 6.36. The van der Waals surface area contributed by atoms with Crippen molar-refractivity contribution in [2.24, 2.45) is 0 Å². The number of methoxy groups -OCH3 is 1. The summed E-state index contributed by atoms with van der Waals surface area (Å²) in [6.07, 6.45) is 2.97. The highest BCUT2D eigenvalue weighted by Gasteiger charge is 2.24. The molecule has 0 bridgehead atoms. The number of hydrogen-bond donors (Lipinski definition) is 1. The zero-order chi connectivity index (χ0) is 16.9. The number of aryl methyl sites for hydroxylation is 1. The van der Waals surface area contributed by atoms with Gasteiger partial charge in [-0.2, -0.15) is 0 Å². The smallest absolute Gasteiger partial charge is 0.251 e. The number of para-hydroxylation sites is 1. The molecule has 1 aliphatic heterocycles. The van der Waals surface area contributed by atoms with Crippen LogP contribution in [0.1, 0.15) is 42.8 Å². The number of H-pyrrole nitrogens is 1. The zero-order valence-corrected chi connectivity index (χ0v) is 14.4. The number of benzene rings is 1. The van der Waals surface area contributed by atoms with Crippen molar-refractivity contribution < 1.29 is 4.74 Å². The minimum atomic E-state index is -0.0429. The molecule has 1 N–H and O–H groups in total. The number of aromatic amines is 1. The molecule has 0 saturated carbocycles. The molecule has 0 spiro atoms.